The van der Waals surface area contributed by atoms with Crippen molar-refractivity contribution in [3.8, 4) is 5.75 Å². The number of hydrogen-bond acceptors (Lipinski definition) is 2. The van der Waals surface area contributed by atoms with Crippen LogP contribution in [-0.4, -0.2) is 9.55 Å². The van der Waals surface area contributed by atoms with Crippen LogP contribution in [-0.2, 0) is 6.54 Å². The number of halogens is 2. The minimum Gasteiger partial charge on any atom is -0.483 e. The molecule has 5 heteroatoms. The van der Waals surface area contributed by atoms with Crippen LogP contribution in [0.4, 0.5) is 0 Å². The molecule has 0 radical (unpaired) electrons. The SMILES string of the molecule is Cc1cc(OC(C)c2nc3ccccc3n2Cc2ccccc2Cl)ccc1Cl. The molecule has 0 saturated carbocycles. The molecule has 1 aromatic heterocycles. The summed E-state index contributed by atoms with van der Waals surface area (Å²) in [7, 11) is 0. The third-order valence-electron chi connectivity index (χ3n) is 4.78. The van der Waals surface area contributed by atoms with Crippen LogP contribution >= 0.6 is 23.2 Å². The Bertz CT molecular complexity index is 1140. The van der Waals surface area contributed by atoms with E-state index in [1.807, 2.05) is 74.5 Å². The number of hydrogen-bond donors (Lipinski definition) is 0. The van der Waals surface area contributed by atoms with E-state index in [0.29, 0.717) is 6.54 Å². The Morgan fingerprint density at radius 1 is 0.964 bits per heavy atom. The minimum atomic E-state index is -0.240. The fourth-order valence-electron chi connectivity index (χ4n) is 3.31. The molecule has 0 bridgehead atoms. The van der Waals surface area contributed by atoms with E-state index in [0.717, 1.165) is 43.8 Å². The lowest BCUT2D eigenvalue weighted by molar-refractivity contribution is 0.212. The van der Waals surface area contributed by atoms with E-state index < -0.39 is 0 Å². The number of fused-ring (bicyclic) bond motifs is 1. The van der Waals surface area contributed by atoms with E-state index in [-0.39, 0.29) is 6.10 Å². The predicted molar refractivity (Wildman–Crippen MR) is 116 cm³/mol. The van der Waals surface area contributed by atoms with Gasteiger partial charge in [-0.05, 0) is 61.4 Å². The van der Waals surface area contributed by atoms with Crippen LogP contribution in [0.2, 0.25) is 10.0 Å². The average molecular weight is 411 g/mol. The quantitative estimate of drug-likeness (QED) is 0.360. The van der Waals surface area contributed by atoms with Gasteiger partial charge in [0.25, 0.3) is 0 Å². The summed E-state index contributed by atoms with van der Waals surface area (Å²) in [5.41, 5.74) is 4.02. The molecule has 0 aliphatic carbocycles. The first kappa shape index (κ1) is 18.9. The van der Waals surface area contributed by atoms with Crippen molar-refractivity contribution >= 4 is 34.2 Å². The molecule has 3 nitrogen and oxygen atoms in total. The molecule has 0 N–H and O–H groups in total. The number of benzene rings is 3. The van der Waals surface area contributed by atoms with E-state index in [4.69, 9.17) is 32.9 Å². The molecule has 3 aromatic carbocycles. The second kappa shape index (κ2) is 7.86. The highest BCUT2D eigenvalue weighted by atomic mass is 35.5. The molecule has 28 heavy (non-hydrogen) atoms. The largest absolute Gasteiger partial charge is 0.483 e. The van der Waals surface area contributed by atoms with Crippen molar-refractivity contribution in [2.75, 3.05) is 0 Å². The van der Waals surface area contributed by atoms with Gasteiger partial charge in [0.05, 0.1) is 17.6 Å². The number of rotatable bonds is 5. The molecule has 0 aliphatic heterocycles. The van der Waals surface area contributed by atoms with E-state index >= 15 is 0 Å². The van der Waals surface area contributed by atoms with Gasteiger partial charge in [-0.2, -0.15) is 0 Å². The highest BCUT2D eigenvalue weighted by molar-refractivity contribution is 6.31. The van der Waals surface area contributed by atoms with Gasteiger partial charge in [-0.25, -0.2) is 4.98 Å². The number of aryl methyl sites for hydroxylation is 1. The Kier molecular flexibility index (Phi) is 5.29. The van der Waals surface area contributed by atoms with Crippen LogP contribution in [0.25, 0.3) is 11.0 Å². The molecule has 0 amide bonds. The van der Waals surface area contributed by atoms with Gasteiger partial charge in [0.2, 0.25) is 0 Å². The van der Waals surface area contributed by atoms with Gasteiger partial charge >= 0.3 is 0 Å². The molecule has 142 valence electrons. The van der Waals surface area contributed by atoms with Crippen molar-refractivity contribution in [2.24, 2.45) is 0 Å². The van der Waals surface area contributed by atoms with E-state index in [1.165, 1.54) is 0 Å². The molecule has 0 spiro atoms. The van der Waals surface area contributed by atoms with Gasteiger partial charge in [-0.3, -0.25) is 0 Å². The predicted octanol–water partition coefficient (Wildman–Crippen LogP) is 6.84. The summed E-state index contributed by atoms with van der Waals surface area (Å²) in [5.74, 6) is 1.62. The minimum absolute atomic E-state index is 0.240. The Hall–Kier alpha value is -2.49. The number of aromatic nitrogens is 2. The highest BCUT2D eigenvalue weighted by Gasteiger charge is 2.19. The lowest BCUT2D eigenvalue weighted by atomic mass is 10.2. The van der Waals surface area contributed by atoms with Crippen LogP contribution in [0.15, 0.2) is 66.7 Å². The number of ether oxygens (including phenoxy) is 1. The summed E-state index contributed by atoms with van der Waals surface area (Å²) in [5, 5.41) is 1.47. The molecule has 0 aliphatic rings. The summed E-state index contributed by atoms with van der Waals surface area (Å²) in [6.07, 6.45) is -0.240. The van der Waals surface area contributed by atoms with Gasteiger partial charge in [-0.1, -0.05) is 53.5 Å². The topological polar surface area (TPSA) is 27.1 Å². The molecule has 4 aromatic rings. The van der Waals surface area contributed by atoms with Gasteiger partial charge in [0, 0.05) is 10.0 Å². The molecule has 1 heterocycles. The molecule has 1 unspecified atom stereocenters. The molecular weight excluding hydrogens is 391 g/mol. The summed E-state index contributed by atoms with van der Waals surface area (Å²) in [6.45, 7) is 4.60. The Balaban J connectivity index is 1.73. The summed E-state index contributed by atoms with van der Waals surface area (Å²) in [4.78, 5) is 4.84. The average Bonchev–Trinajstić information content (AvgIpc) is 3.05. The fourth-order valence-corrected chi connectivity index (χ4v) is 3.63. The van der Waals surface area contributed by atoms with Gasteiger partial charge < -0.3 is 9.30 Å². The van der Waals surface area contributed by atoms with Crippen LogP contribution in [0.5, 0.6) is 5.75 Å². The zero-order valence-electron chi connectivity index (χ0n) is 15.7. The Morgan fingerprint density at radius 2 is 1.71 bits per heavy atom. The standard InChI is InChI=1S/C23H20Cl2N2O/c1-15-13-18(11-12-19(15)24)28-16(2)23-26-21-9-5-6-10-22(21)27(23)14-17-7-3-4-8-20(17)25/h3-13,16H,14H2,1-2H3. The molecule has 0 saturated heterocycles. The lowest BCUT2D eigenvalue weighted by Crippen LogP contribution is -2.13. The fraction of sp³-hybridized carbons (Fsp3) is 0.174. The Morgan fingerprint density at radius 3 is 2.50 bits per heavy atom. The zero-order chi connectivity index (χ0) is 19.7. The lowest BCUT2D eigenvalue weighted by Gasteiger charge is -2.18. The molecular formula is C23H20Cl2N2O. The van der Waals surface area contributed by atoms with Crippen LogP contribution < -0.4 is 4.74 Å². The van der Waals surface area contributed by atoms with Crippen molar-refractivity contribution in [2.45, 2.75) is 26.5 Å². The molecule has 4 rings (SSSR count). The van der Waals surface area contributed by atoms with Crippen molar-refractivity contribution in [3.63, 3.8) is 0 Å². The summed E-state index contributed by atoms with van der Waals surface area (Å²) < 4.78 is 8.37. The molecule has 1 atom stereocenters. The highest BCUT2D eigenvalue weighted by Crippen LogP contribution is 2.29. The summed E-state index contributed by atoms with van der Waals surface area (Å²) in [6, 6.07) is 21.7. The first-order valence-corrected chi connectivity index (χ1v) is 9.90. The van der Waals surface area contributed by atoms with Crippen molar-refractivity contribution in [1.29, 1.82) is 0 Å². The normalized spacial score (nSPS) is 12.3. The monoisotopic (exact) mass is 410 g/mol. The Labute approximate surface area is 174 Å². The van der Waals surface area contributed by atoms with Crippen LogP contribution in [0.1, 0.15) is 30.0 Å². The maximum Gasteiger partial charge on any atom is 0.153 e. The maximum absolute atomic E-state index is 6.41. The van der Waals surface area contributed by atoms with Crippen LogP contribution in [0, 0.1) is 6.92 Å². The smallest absolute Gasteiger partial charge is 0.153 e. The first-order valence-electron chi connectivity index (χ1n) is 9.14. The van der Waals surface area contributed by atoms with Crippen molar-refractivity contribution < 1.29 is 4.74 Å². The van der Waals surface area contributed by atoms with E-state index in [2.05, 4.69) is 10.6 Å². The summed E-state index contributed by atoms with van der Waals surface area (Å²) >= 11 is 12.5. The van der Waals surface area contributed by atoms with Gasteiger partial charge in [0.15, 0.2) is 11.9 Å². The van der Waals surface area contributed by atoms with Crippen molar-refractivity contribution in [3.05, 3.63) is 93.7 Å². The third-order valence-corrected chi connectivity index (χ3v) is 5.57. The number of imidazole rings is 1. The van der Waals surface area contributed by atoms with Crippen molar-refractivity contribution in [1.82, 2.24) is 9.55 Å². The third kappa shape index (κ3) is 3.73. The second-order valence-electron chi connectivity index (χ2n) is 6.81. The second-order valence-corrected chi connectivity index (χ2v) is 7.62. The molecule has 0 fully saturated rings. The van der Waals surface area contributed by atoms with Gasteiger partial charge in [0.1, 0.15) is 5.75 Å². The maximum atomic E-state index is 6.41. The van der Waals surface area contributed by atoms with Gasteiger partial charge in [-0.15, -0.1) is 0 Å². The number of para-hydroxylation sites is 2. The first-order chi connectivity index (χ1) is 13.5. The van der Waals surface area contributed by atoms with E-state index in [1.54, 1.807) is 0 Å². The van der Waals surface area contributed by atoms with E-state index in [9.17, 15) is 0 Å². The number of nitrogens with zero attached hydrogens (tertiary/aromatic N) is 2. The van der Waals surface area contributed by atoms with Crippen LogP contribution in [0.3, 0.4) is 0 Å². The zero-order valence-corrected chi connectivity index (χ0v) is 17.2.